The highest BCUT2D eigenvalue weighted by Gasteiger charge is 2.32. The number of imidazole rings is 1. The highest BCUT2D eigenvalue weighted by molar-refractivity contribution is 5.94. The lowest BCUT2D eigenvalue weighted by Gasteiger charge is -2.24. The molecule has 4 rings (SSSR count). The Labute approximate surface area is 150 Å². The van der Waals surface area contributed by atoms with Crippen LogP contribution in [0.15, 0.2) is 49.1 Å². The normalized spacial score (nSPS) is 15.9. The van der Waals surface area contributed by atoms with Gasteiger partial charge in [-0.05, 0) is 18.2 Å². The van der Waals surface area contributed by atoms with E-state index < -0.39 is 0 Å². The number of nitrogens with zero attached hydrogens (tertiary/aromatic N) is 3. The maximum absolute atomic E-state index is 12.4. The molecule has 2 aromatic heterocycles. The number of amides is 1. The zero-order chi connectivity index (χ0) is 18.1. The Morgan fingerprint density at radius 2 is 2.12 bits per heavy atom. The lowest BCUT2D eigenvalue weighted by Crippen LogP contribution is -2.25. The number of nitrogens with one attached hydrogen (secondary N) is 1. The van der Waals surface area contributed by atoms with E-state index in [-0.39, 0.29) is 11.8 Å². The van der Waals surface area contributed by atoms with Crippen molar-refractivity contribution in [2.75, 3.05) is 19.5 Å². The minimum absolute atomic E-state index is 0.0639. The van der Waals surface area contributed by atoms with Crippen molar-refractivity contribution < 1.29 is 14.3 Å². The predicted octanol–water partition coefficient (Wildman–Crippen LogP) is 2.76. The van der Waals surface area contributed by atoms with Gasteiger partial charge in [-0.3, -0.25) is 14.3 Å². The minimum Gasteiger partial charge on any atom is -0.497 e. The summed E-state index contributed by atoms with van der Waals surface area (Å²) in [7, 11) is 3.21. The van der Waals surface area contributed by atoms with Gasteiger partial charge in [-0.15, -0.1) is 0 Å². The fraction of sp³-hybridized carbons (Fsp3) is 0.211. The van der Waals surface area contributed by atoms with Crippen LogP contribution < -0.4 is 14.8 Å². The number of hydrogen-bond donors (Lipinski definition) is 1. The largest absolute Gasteiger partial charge is 0.497 e. The third-order valence-electron chi connectivity index (χ3n) is 4.51. The van der Waals surface area contributed by atoms with Gasteiger partial charge in [0, 0.05) is 30.2 Å². The molecule has 0 radical (unpaired) electrons. The van der Waals surface area contributed by atoms with E-state index in [2.05, 4.69) is 15.3 Å². The van der Waals surface area contributed by atoms with Crippen LogP contribution in [0.4, 0.5) is 5.82 Å². The fourth-order valence-electron chi connectivity index (χ4n) is 3.26. The zero-order valence-electron chi connectivity index (χ0n) is 14.5. The van der Waals surface area contributed by atoms with E-state index in [4.69, 9.17) is 9.47 Å². The standard InChI is InChI=1S/C19H18N4O3/c1-25-13-5-6-14(16(8-13)26-2)15-9-17(24)22-19-18(15)21-11-23(19)12-4-3-7-20-10-12/h3-8,10-11,15H,9H2,1-2H3,(H,22,24)/t15-/m0/s1. The van der Waals surface area contributed by atoms with Crippen LogP contribution in [0.1, 0.15) is 23.6 Å². The molecule has 3 heterocycles. The predicted molar refractivity (Wildman–Crippen MR) is 96.0 cm³/mol. The van der Waals surface area contributed by atoms with E-state index in [9.17, 15) is 4.79 Å². The van der Waals surface area contributed by atoms with Gasteiger partial charge in [0.15, 0.2) is 0 Å². The second kappa shape index (κ2) is 6.51. The Morgan fingerprint density at radius 3 is 2.85 bits per heavy atom. The van der Waals surface area contributed by atoms with Crippen LogP contribution in [0.25, 0.3) is 5.69 Å². The molecule has 1 N–H and O–H groups in total. The molecule has 7 heteroatoms. The first-order chi connectivity index (χ1) is 12.7. The average molecular weight is 350 g/mol. The molecule has 0 saturated heterocycles. The van der Waals surface area contributed by atoms with E-state index in [0.717, 1.165) is 16.9 Å². The van der Waals surface area contributed by atoms with Gasteiger partial charge in [0.25, 0.3) is 0 Å². The molecule has 26 heavy (non-hydrogen) atoms. The quantitative estimate of drug-likeness (QED) is 0.783. The third kappa shape index (κ3) is 2.67. The van der Waals surface area contributed by atoms with Crippen LogP contribution in [0, 0.1) is 0 Å². The van der Waals surface area contributed by atoms with Crippen molar-refractivity contribution in [1.82, 2.24) is 14.5 Å². The molecule has 1 atom stereocenters. The van der Waals surface area contributed by atoms with Gasteiger partial charge in [0.05, 0.1) is 31.8 Å². The molecular weight excluding hydrogens is 332 g/mol. The summed E-state index contributed by atoms with van der Waals surface area (Å²) >= 11 is 0. The molecule has 0 fully saturated rings. The number of ether oxygens (including phenoxy) is 2. The number of pyridine rings is 1. The molecule has 0 saturated carbocycles. The minimum atomic E-state index is -0.197. The van der Waals surface area contributed by atoms with Crippen molar-refractivity contribution in [3.8, 4) is 17.2 Å². The van der Waals surface area contributed by atoms with Gasteiger partial charge in [0.2, 0.25) is 5.91 Å². The number of benzene rings is 1. The lowest BCUT2D eigenvalue weighted by atomic mass is 9.89. The van der Waals surface area contributed by atoms with Crippen LogP contribution in [0.3, 0.4) is 0 Å². The SMILES string of the molecule is COc1ccc([C@@H]2CC(=O)Nc3c2ncn3-c2cccnc2)c(OC)c1. The molecule has 1 amide bonds. The van der Waals surface area contributed by atoms with Gasteiger partial charge in [-0.1, -0.05) is 6.07 Å². The molecule has 0 spiro atoms. The van der Waals surface area contributed by atoms with Crippen LogP contribution in [0.2, 0.25) is 0 Å². The van der Waals surface area contributed by atoms with Gasteiger partial charge >= 0.3 is 0 Å². The number of hydrogen-bond acceptors (Lipinski definition) is 5. The average Bonchev–Trinajstić information content (AvgIpc) is 3.11. The third-order valence-corrected chi connectivity index (χ3v) is 4.51. The first-order valence-corrected chi connectivity index (χ1v) is 8.20. The van der Waals surface area contributed by atoms with Crippen molar-refractivity contribution in [3.63, 3.8) is 0 Å². The molecule has 1 aliphatic heterocycles. The summed E-state index contributed by atoms with van der Waals surface area (Å²) in [4.78, 5) is 21.1. The monoisotopic (exact) mass is 350 g/mol. The Bertz CT molecular complexity index is 953. The van der Waals surface area contributed by atoms with E-state index >= 15 is 0 Å². The van der Waals surface area contributed by atoms with Crippen molar-refractivity contribution in [3.05, 3.63) is 60.3 Å². The molecule has 3 aromatic rings. The van der Waals surface area contributed by atoms with Gasteiger partial charge in [0.1, 0.15) is 23.6 Å². The molecule has 0 unspecified atom stereocenters. The number of carbonyl (C=O) groups is 1. The summed E-state index contributed by atoms with van der Waals surface area (Å²) in [6.45, 7) is 0. The van der Waals surface area contributed by atoms with Crippen LogP contribution in [0.5, 0.6) is 11.5 Å². The molecular formula is C19H18N4O3. The van der Waals surface area contributed by atoms with Gasteiger partial charge in [-0.25, -0.2) is 4.98 Å². The van der Waals surface area contributed by atoms with E-state index in [1.54, 1.807) is 32.9 Å². The topological polar surface area (TPSA) is 78.3 Å². The summed E-state index contributed by atoms with van der Waals surface area (Å²) in [6.07, 6.45) is 5.44. The first kappa shape index (κ1) is 16.1. The van der Waals surface area contributed by atoms with E-state index in [1.807, 2.05) is 34.9 Å². The smallest absolute Gasteiger partial charge is 0.226 e. The van der Waals surface area contributed by atoms with Gasteiger partial charge in [-0.2, -0.15) is 0 Å². The number of anilines is 1. The van der Waals surface area contributed by atoms with Crippen LogP contribution in [-0.4, -0.2) is 34.7 Å². The Morgan fingerprint density at radius 1 is 1.23 bits per heavy atom. The second-order valence-electron chi connectivity index (χ2n) is 5.97. The molecule has 1 aromatic carbocycles. The Balaban J connectivity index is 1.82. The highest BCUT2D eigenvalue weighted by atomic mass is 16.5. The molecule has 132 valence electrons. The summed E-state index contributed by atoms with van der Waals surface area (Å²) in [6, 6.07) is 9.37. The number of methoxy groups -OCH3 is 2. The molecule has 7 nitrogen and oxygen atoms in total. The van der Waals surface area contributed by atoms with Crippen molar-refractivity contribution in [2.45, 2.75) is 12.3 Å². The second-order valence-corrected chi connectivity index (χ2v) is 5.97. The van der Waals surface area contributed by atoms with Crippen LogP contribution in [-0.2, 0) is 4.79 Å². The Hall–Kier alpha value is -3.35. The summed E-state index contributed by atoms with van der Waals surface area (Å²) in [5.41, 5.74) is 2.54. The maximum Gasteiger partial charge on any atom is 0.226 e. The fourth-order valence-corrected chi connectivity index (χ4v) is 3.26. The van der Waals surface area contributed by atoms with Crippen molar-refractivity contribution in [2.24, 2.45) is 0 Å². The number of rotatable bonds is 4. The molecule has 0 bridgehead atoms. The van der Waals surface area contributed by atoms with E-state index in [0.29, 0.717) is 23.7 Å². The first-order valence-electron chi connectivity index (χ1n) is 8.20. The lowest BCUT2D eigenvalue weighted by molar-refractivity contribution is -0.116. The highest BCUT2D eigenvalue weighted by Crippen LogP contribution is 2.41. The zero-order valence-corrected chi connectivity index (χ0v) is 14.5. The summed E-state index contributed by atoms with van der Waals surface area (Å²) < 4.78 is 12.6. The number of carbonyl (C=O) groups excluding carboxylic acids is 1. The number of aromatic nitrogens is 3. The number of fused-ring (bicyclic) bond motifs is 1. The van der Waals surface area contributed by atoms with E-state index in [1.165, 1.54) is 0 Å². The summed E-state index contributed by atoms with van der Waals surface area (Å²) in [5, 5.41) is 2.93. The van der Waals surface area contributed by atoms with Crippen LogP contribution >= 0.6 is 0 Å². The van der Waals surface area contributed by atoms with Gasteiger partial charge < -0.3 is 14.8 Å². The van der Waals surface area contributed by atoms with Crippen molar-refractivity contribution >= 4 is 11.7 Å². The van der Waals surface area contributed by atoms with Crippen molar-refractivity contribution in [1.29, 1.82) is 0 Å². The molecule has 1 aliphatic rings. The summed E-state index contributed by atoms with van der Waals surface area (Å²) in [5.74, 6) is 1.78. The Kier molecular flexibility index (Phi) is 4.04. The molecule has 0 aliphatic carbocycles. The maximum atomic E-state index is 12.4.